The molecule has 1 N–H and O–H groups in total. The Morgan fingerprint density at radius 3 is 2.47 bits per heavy atom. The van der Waals surface area contributed by atoms with Crippen LogP contribution in [0.2, 0.25) is 5.02 Å². The molecule has 0 aliphatic heterocycles. The van der Waals surface area contributed by atoms with Crippen LogP contribution in [0.5, 0.6) is 5.75 Å². The fraction of sp³-hybridized carbons (Fsp3) is 0.143. The van der Waals surface area contributed by atoms with E-state index in [0.29, 0.717) is 5.56 Å². The summed E-state index contributed by atoms with van der Waals surface area (Å²) in [7, 11) is 0. The number of fused-ring (bicyclic) bond motifs is 3. The zero-order chi connectivity index (χ0) is 13.8. The van der Waals surface area contributed by atoms with E-state index in [1.807, 2.05) is 0 Å². The first kappa shape index (κ1) is 12.4. The molecule has 0 fully saturated rings. The largest absolute Gasteiger partial charge is 0.506 e. The van der Waals surface area contributed by atoms with Crippen LogP contribution in [0.3, 0.4) is 0 Å². The summed E-state index contributed by atoms with van der Waals surface area (Å²) in [6, 6.07) is 8.48. The molecule has 0 spiro atoms. The van der Waals surface area contributed by atoms with Gasteiger partial charge in [-0.3, -0.25) is 0 Å². The molecule has 5 heteroatoms. The molecule has 3 rings (SSSR count). The number of phenols is 1. The first-order valence-electron chi connectivity index (χ1n) is 5.59. The minimum Gasteiger partial charge on any atom is -0.506 e. The summed E-state index contributed by atoms with van der Waals surface area (Å²) in [6.45, 7) is 0. The second-order valence-electron chi connectivity index (χ2n) is 4.44. The van der Waals surface area contributed by atoms with Crippen LogP contribution in [-0.2, 0) is 12.6 Å². The van der Waals surface area contributed by atoms with Crippen molar-refractivity contribution in [1.29, 1.82) is 0 Å². The van der Waals surface area contributed by atoms with Gasteiger partial charge in [0.05, 0.1) is 5.02 Å². The summed E-state index contributed by atoms with van der Waals surface area (Å²) >= 11 is 5.72. The highest BCUT2D eigenvalue weighted by molar-refractivity contribution is 6.32. The van der Waals surface area contributed by atoms with Crippen molar-refractivity contribution in [2.45, 2.75) is 12.6 Å². The van der Waals surface area contributed by atoms with Gasteiger partial charge in [0, 0.05) is 0 Å². The van der Waals surface area contributed by atoms with E-state index in [2.05, 4.69) is 0 Å². The van der Waals surface area contributed by atoms with Crippen LogP contribution in [0.15, 0.2) is 30.3 Å². The standard InChI is InChI=1S/C14H8ClF3O/c15-11-6-9-8-4-2-1-3-7(8)5-10(9)12(13(11)19)14(16,17)18/h1-4,6,19H,5H2. The van der Waals surface area contributed by atoms with Gasteiger partial charge in [-0.15, -0.1) is 0 Å². The normalized spacial score (nSPS) is 13.3. The van der Waals surface area contributed by atoms with Gasteiger partial charge < -0.3 is 5.11 Å². The third kappa shape index (κ3) is 1.78. The molecule has 2 aromatic rings. The summed E-state index contributed by atoms with van der Waals surface area (Å²) in [5, 5.41) is 9.35. The molecule has 19 heavy (non-hydrogen) atoms. The first-order chi connectivity index (χ1) is 8.89. The zero-order valence-corrected chi connectivity index (χ0v) is 10.3. The average Bonchev–Trinajstić information content (AvgIpc) is 2.66. The first-order valence-corrected chi connectivity index (χ1v) is 5.97. The highest BCUT2D eigenvalue weighted by atomic mass is 35.5. The van der Waals surface area contributed by atoms with Gasteiger partial charge in [-0.05, 0) is 34.7 Å². The highest BCUT2D eigenvalue weighted by Crippen LogP contribution is 2.49. The molecule has 1 nitrogen and oxygen atoms in total. The lowest BCUT2D eigenvalue weighted by Gasteiger charge is -2.15. The van der Waals surface area contributed by atoms with Gasteiger partial charge >= 0.3 is 6.18 Å². The van der Waals surface area contributed by atoms with Crippen LogP contribution >= 0.6 is 11.6 Å². The number of alkyl halides is 3. The molecular formula is C14H8ClF3O. The van der Waals surface area contributed by atoms with Crippen molar-refractivity contribution in [3.8, 4) is 16.9 Å². The molecular weight excluding hydrogens is 277 g/mol. The Hall–Kier alpha value is -1.68. The van der Waals surface area contributed by atoms with Gasteiger partial charge in [0.2, 0.25) is 0 Å². The van der Waals surface area contributed by atoms with E-state index in [-0.39, 0.29) is 17.0 Å². The van der Waals surface area contributed by atoms with E-state index in [4.69, 9.17) is 11.6 Å². The lowest BCUT2D eigenvalue weighted by molar-refractivity contribution is -0.139. The van der Waals surface area contributed by atoms with E-state index >= 15 is 0 Å². The molecule has 0 atom stereocenters. The monoisotopic (exact) mass is 284 g/mol. The van der Waals surface area contributed by atoms with Crippen LogP contribution in [0, 0.1) is 0 Å². The topological polar surface area (TPSA) is 20.2 Å². The number of halogens is 4. The van der Waals surface area contributed by atoms with Crippen LogP contribution in [0.25, 0.3) is 11.1 Å². The van der Waals surface area contributed by atoms with Crippen molar-refractivity contribution in [1.82, 2.24) is 0 Å². The molecule has 0 saturated heterocycles. The second kappa shape index (κ2) is 3.90. The van der Waals surface area contributed by atoms with Gasteiger partial charge in [0.15, 0.2) is 0 Å². The van der Waals surface area contributed by atoms with Gasteiger partial charge in [0.1, 0.15) is 11.3 Å². The van der Waals surface area contributed by atoms with Crippen LogP contribution in [0.1, 0.15) is 16.7 Å². The van der Waals surface area contributed by atoms with Gasteiger partial charge in [-0.1, -0.05) is 35.9 Å². The molecule has 0 amide bonds. The number of benzene rings is 2. The fourth-order valence-corrected chi connectivity index (χ4v) is 2.74. The van der Waals surface area contributed by atoms with Crippen molar-refractivity contribution in [2.75, 3.05) is 0 Å². The average molecular weight is 285 g/mol. The molecule has 0 radical (unpaired) electrons. The SMILES string of the molecule is Oc1c(Cl)cc2c(c1C(F)(F)F)Cc1ccccc1-2. The molecule has 0 unspecified atom stereocenters. The number of hydrogen-bond acceptors (Lipinski definition) is 1. The van der Waals surface area contributed by atoms with Crippen LogP contribution < -0.4 is 0 Å². The Morgan fingerprint density at radius 1 is 1.11 bits per heavy atom. The van der Waals surface area contributed by atoms with Crippen LogP contribution in [-0.4, -0.2) is 5.11 Å². The van der Waals surface area contributed by atoms with E-state index < -0.39 is 17.5 Å². The number of aromatic hydroxyl groups is 1. The lowest BCUT2D eigenvalue weighted by atomic mass is 10.00. The second-order valence-corrected chi connectivity index (χ2v) is 4.85. The smallest absolute Gasteiger partial charge is 0.420 e. The van der Waals surface area contributed by atoms with E-state index in [0.717, 1.165) is 11.1 Å². The summed E-state index contributed by atoms with van der Waals surface area (Å²) in [5.74, 6) is -0.888. The Labute approximate surface area is 112 Å². The molecule has 1 aliphatic rings. The zero-order valence-electron chi connectivity index (χ0n) is 9.55. The van der Waals surface area contributed by atoms with Crippen molar-refractivity contribution >= 4 is 11.6 Å². The third-order valence-corrected chi connectivity index (χ3v) is 3.61. The molecule has 0 saturated carbocycles. The van der Waals surface area contributed by atoms with Crippen molar-refractivity contribution in [3.63, 3.8) is 0 Å². The third-order valence-electron chi connectivity index (χ3n) is 3.32. The molecule has 0 heterocycles. The fourth-order valence-electron chi connectivity index (χ4n) is 2.54. The van der Waals surface area contributed by atoms with E-state index in [1.54, 1.807) is 24.3 Å². The number of hydrogen-bond donors (Lipinski definition) is 1. The van der Waals surface area contributed by atoms with Gasteiger partial charge in [0.25, 0.3) is 0 Å². The Balaban J connectivity index is 2.35. The predicted molar refractivity (Wildman–Crippen MR) is 66.4 cm³/mol. The Morgan fingerprint density at radius 2 is 1.79 bits per heavy atom. The molecule has 0 bridgehead atoms. The van der Waals surface area contributed by atoms with E-state index in [9.17, 15) is 18.3 Å². The quantitative estimate of drug-likeness (QED) is 0.638. The Bertz CT molecular complexity index is 677. The predicted octanol–water partition coefficient (Wildman–Crippen LogP) is 4.64. The number of phenolic OH excluding ortho intramolecular Hbond substituents is 1. The maximum atomic E-state index is 13.1. The molecule has 1 aliphatic carbocycles. The summed E-state index contributed by atoms with van der Waals surface area (Å²) in [5.41, 5.74) is 1.07. The number of rotatable bonds is 0. The van der Waals surface area contributed by atoms with E-state index in [1.165, 1.54) is 6.07 Å². The highest BCUT2D eigenvalue weighted by Gasteiger charge is 2.40. The van der Waals surface area contributed by atoms with Crippen LogP contribution in [0.4, 0.5) is 13.2 Å². The minimum atomic E-state index is -4.62. The summed E-state index contributed by atoms with van der Waals surface area (Å²) in [6.07, 6.45) is -4.47. The molecule has 2 aromatic carbocycles. The van der Waals surface area contributed by atoms with Crippen molar-refractivity contribution in [2.24, 2.45) is 0 Å². The molecule has 0 aromatic heterocycles. The van der Waals surface area contributed by atoms with Gasteiger partial charge in [-0.25, -0.2) is 0 Å². The minimum absolute atomic E-state index is 0.0931. The Kier molecular flexibility index (Phi) is 2.54. The maximum Gasteiger partial charge on any atom is 0.420 e. The molecule has 98 valence electrons. The van der Waals surface area contributed by atoms with Gasteiger partial charge in [-0.2, -0.15) is 13.2 Å². The lowest BCUT2D eigenvalue weighted by Crippen LogP contribution is -2.09. The van der Waals surface area contributed by atoms with Crippen molar-refractivity contribution < 1.29 is 18.3 Å². The summed E-state index contributed by atoms with van der Waals surface area (Å²) < 4.78 is 39.3. The summed E-state index contributed by atoms with van der Waals surface area (Å²) in [4.78, 5) is 0. The van der Waals surface area contributed by atoms with Crippen molar-refractivity contribution in [3.05, 3.63) is 52.0 Å². The maximum absolute atomic E-state index is 13.1.